The third kappa shape index (κ3) is 3.45. The van der Waals surface area contributed by atoms with Gasteiger partial charge in [-0.05, 0) is 76.9 Å². The molecule has 0 saturated heterocycles. The third-order valence-corrected chi connectivity index (χ3v) is 5.20. The van der Waals surface area contributed by atoms with E-state index in [0.717, 1.165) is 28.6 Å². The number of esters is 1. The van der Waals surface area contributed by atoms with Crippen molar-refractivity contribution < 1.29 is 9.53 Å². The summed E-state index contributed by atoms with van der Waals surface area (Å²) in [6, 6.07) is 14.8. The Morgan fingerprint density at radius 2 is 1.75 bits per heavy atom. The lowest BCUT2D eigenvalue weighted by Crippen LogP contribution is -2.38. The van der Waals surface area contributed by atoms with Crippen LogP contribution in [0.4, 0.5) is 0 Å². The van der Waals surface area contributed by atoms with Crippen molar-refractivity contribution in [2.24, 2.45) is 5.73 Å². The lowest BCUT2D eigenvalue weighted by Gasteiger charge is -2.28. The molecule has 0 atom stereocenters. The number of para-hydroxylation sites is 1. The number of nitrogens with two attached hydrogens (primary N) is 1. The first-order valence-electron chi connectivity index (χ1n) is 9.90. The third-order valence-electron chi connectivity index (χ3n) is 5.20. The zero-order valence-corrected chi connectivity index (χ0v) is 17.5. The lowest BCUT2D eigenvalue weighted by molar-refractivity contribution is -0.151. The summed E-state index contributed by atoms with van der Waals surface area (Å²) in [7, 11) is 0. The summed E-state index contributed by atoms with van der Waals surface area (Å²) in [5, 5.41) is 1.14. The minimum Gasteiger partial charge on any atom is -0.464 e. The van der Waals surface area contributed by atoms with Crippen molar-refractivity contribution >= 4 is 16.9 Å². The Morgan fingerprint density at radius 1 is 1.11 bits per heavy atom. The lowest BCUT2D eigenvalue weighted by atomic mass is 9.98. The van der Waals surface area contributed by atoms with Crippen LogP contribution in [0.1, 0.15) is 37.5 Å². The number of ether oxygens (including phenoxy) is 1. The van der Waals surface area contributed by atoms with Crippen LogP contribution < -0.4 is 5.73 Å². The van der Waals surface area contributed by atoms with Crippen molar-refractivity contribution in [3.8, 4) is 11.3 Å². The first-order chi connectivity index (χ1) is 13.3. The summed E-state index contributed by atoms with van der Waals surface area (Å²) < 4.78 is 7.57. The van der Waals surface area contributed by atoms with Gasteiger partial charge in [0.15, 0.2) is 0 Å². The number of hydrogen-bond acceptors (Lipinski definition) is 3. The number of aryl methyl sites for hydroxylation is 2. The van der Waals surface area contributed by atoms with Crippen LogP contribution in [0.15, 0.2) is 42.5 Å². The Morgan fingerprint density at radius 3 is 2.36 bits per heavy atom. The summed E-state index contributed by atoms with van der Waals surface area (Å²) in [6.07, 6.45) is 0.745. The number of nitrogens with zero attached hydrogens (tertiary/aromatic N) is 1. The van der Waals surface area contributed by atoms with E-state index in [0.29, 0.717) is 13.2 Å². The van der Waals surface area contributed by atoms with Gasteiger partial charge in [-0.15, -0.1) is 0 Å². The van der Waals surface area contributed by atoms with Crippen LogP contribution in [0.25, 0.3) is 22.2 Å². The number of aromatic nitrogens is 1. The monoisotopic (exact) mass is 378 g/mol. The molecule has 28 heavy (non-hydrogen) atoms. The van der Waals surface area contributed by atoms with E-state index in [-0.39, 0.29) is 5.97 Å². The first-order valence-corrected chi connectivity index (χ1v) is 9.90. The van der Waals surface area contributed by atoms with Gasteiger partial charge < -0.3 is 15.0 Å². The molecule has 1 heterocycles. The molecule has 4 heteroatoms. The molecule has 0 bridgehead atoms. The highest BCUT2D eigenvalue weighted by molar-refractivity contribution is 5.95. The highest BCUT2D eigenvalue weighted by Gasteiger charge is 2.36. The predicted molar refractivity (Wildman–Crippen MR) is 116 cm³/mol. The van der Waals surface area contributed by atoms with Crippen LogP contribution in [0.2, 0.25) is 0 Å². The minimum absolute atomic E-state index is 0.235. The van der Waals surface area contributed by atoms with Gasteiger partial charge in [-0.2, -0.15) is 0 Å². The zero-order valence-electron chi connectivity index (χ0n) is 17.5. The zero-order chi connectivity index (χ0) is 20.5. The van der Waals surface area contributed by atoms with Crippen molar-refractivity contribution in [2.75, 3.05) is 13.2 Å². The molecular weight excluding hydrogens is 348 g/mol. The molecule has 2 N–H and O–H groups in total. The Balaban J connectivity index is 2.43. The van der Waals surface area contributed by atoms with Crippen molar-refractivity contribution in [1.82, 2.24) is 4.57 Å². The molecule has 0 saturated carbocycles. The number of fused-ring (bicyclic) bond motifs is 1. The second-order valence-corrected chi connectivity index (χ2v) is 7.87. The van der Waals surface area contributed by atoms with E-state index < -0.39 is 5.54 Å². The van der Waals surface area contributed by atoms with Crippen molar-refractivity contribution in [3.05, 3.63) is 59.2 Å². The fourth-order valence-corrected chi connectivity index (χ4v) is 4.10. The maximum atomic E-state index is 12.9. The standard InChI is InChI=1S/C24H30N2O2/c1-6-28-23(27)24(4,5)26-21-10-8-7-9-19(21)20(11-12-25)22(26)18-14-16(2)13-17(3)15-18/h7-10,13-15H,6,11-12,25H2,1-5H3. The summed E-state index contributed by atoms with van der Waals surface area (Å²) in [6.45, 7) is 10.8. The highest BCUT2D eigenvalue weighted by atomic mass is 16.5. The van der Waals surface area contributed by atoms with Gasteiger partial charge in [0.2, 0.25) is 0 Å². The van der Waals surface area contributed by atoms with Gasteiger partial charge in [-0.25, -0.2) is 4.79 Å². The van der Waals surface area contributed by atoms with Gasteiger partial charge in [0.05, 0.1) is 12.3 Å². The molecule has 0 radical (unpaired) electrons. The molecule has 2 aromatic carbocycles. The van der Waals surface area contributed by atoms with Crippen LogP contribution in [-0.4, -0.2) is 23.7 Å². The summed E-state index contributed by atoms with van der Waals surface area (Å²) in [5.74, 6) is -0.235. The molecule has 0 amide bonds. The van der Waals surface area contributed by atoms with E-state index in [4.69, 9.17) is 10.5 Å². The van der Waals surface area contributed by atoms with Gasteiger partial charge in [-0.1, -0.05) is 35.4 Å². The van der Waals surface area contributed by atoms with E-state index in [2.05, 4.69) is 48.7 Å². The van der Waals surface area contributed by atoms with Gasteiger partial charge in [-0.3, -0.25) is 0 Å². The Hall–Kier alpha value is -2.59. The quantitative estimate of drug-likeness (QED) is 0.631. The predicted octanol–water partition coefficient (Wildman–Crippen LogP) is 4.72. The number of benzene rings is 2. The van der Waals surface area contributed by atoms with Crippen LogP contribution in [0.5, 0.6) is 0 Å². The van der Waals surface area contributed by atoms with Crippen LogP contribution in [0.3, 0.4) is 0 Å². The van der Waals surface area contributed by atoms with Gasteiger partial charge in [0, 0.05) is 10.9 Å². The number of rotatable bonds is 6. The maximum Gasteiger partial charge on any atom is 0.331 e. The second-order valence-electron chi connectivity index (χ2n) is 7.87. The molecular formula is C24H30N2O2. The second kappa shape index (κ2) is 7.80. The molecule has 0 spiro atoms. The van der Waals surface area contributed by atoms with Gasteiger partial charge in [0.1, 0.15) is 5.54 Å². The summed E-state index contributed by atoms with van der Waals surface area (Å²) >= 11 is 0. The minimum atomic E-state index is -0.852. The molecule has 0 unspecified atom stereocenters. The molecule has 0 aliphatic carbocycles. The van der Waals surface area contributed by atoms with Crippen LogP contribution in [0, 0.1) is 13.8 Å². The average Bonchev–Trinajstić information content (AvgIpc) is 2.97. The first kappa shape index (κ1) is 20.2. The van der Waals surface area contributed by atoms with E-state index in [1.807, 2.05) is 32.9 Å². The molecule has 1 aromatic heterocycles. The fraction of sp³-hybridized carbons (Fsp3) is 0.375. The molecule has 3 aromatic rings. The fourth-order valence-electron chi connectivity index (χ4n) is 4.10. The van der Waals surface area contributed by atoms with E-state index in [1.54, 1.807) is 0 Å². The molecule has 148 valence electrons. The molecule has 0 aliphatic heterocycles. The molecule has 0 fully saturated rings. The van der Waals surface area contributed by atoms with Crippen LogP contribution >= 0.6 is 0 Å². The van der Waals surface area contributed by atoms with Gasteiger partial charge >= 0.3 is 5.97 Å². The molecule has 4 nitrogen and oxygen atoms in total. The van der Waals surface area contributed by atoms with Crippen molar-refractivity contribution in [3.63, 3.8) is 0 Å². The molecule has 0 aliphatic rings. The summed E-state index contributed by atoms with van der Waals surface area (Å²) in [4.78, 5) is 12.9. The normalized spacial score (nSPS) is 11.8. The smallest absolute Gasteiger partial charge is 0.331 e. The van der Waals surface area contributed by atoms with Gasteiger partial charge in [0.25, 0.3) is 0 Å². The van der Waals surface area contributed by atoms with Crippen molar-refractivity contribution in [2.45, 2.75) is 46.6 Å². The van der Waals surface area contributed by atoms with Crippen LogP contribution in [-0.2, 0) is 21.5 Å². The largest absolute Gasteiger partial charge is 0.464 e. The van der Waals surface area contributed by atoms with E-state index in [1.165, 1.54) is 16.7 Å². The molecule has 3 rings (SSSR count). The van der Waals surface area contributed by atoms with E-state index in [9.17, 15) is 4.79 Å². The Bertz CT molecular complexity index is 995. The van der Waals surface area contributed by atoms with Crippen molar-refractivity contribution in [1.29, 1.82) is 0 Å². The Labute approximate surface area is 167 Å². The number of carbonyl (C=O) groups excluding carboxylic acids is 1. The Kier molecular flexibility index (Phi) is 5.61. The average molecular weight is 379 g/mol. The maximum absolute atomic E-state index is 12.9. The van der Waals surface area contributed by atoms with E-state index >= 15 is 0 Å². The summed E-state index contributed by atoms with van der Waals surface area (Å²) in [5.41, 5.74) is 11.9. The SMILES string of the molecule is CCOC(=O)C(C)(C)n1c(-c2cc(C)cc(C)c2)c(CCN)c2ccccc21. The topological polar surface area (TPSA) is 57.2 Å². The number of hydrogen-bond donors (Lipinski definition) is 1. The number of carbonyl (C=O) groups is 1. The highest BCUT2D eigenvalue weighted by Crippen LogP contribution is 2.39.